The van der Waals surface area contributed by atoms with Gasteiger partial charge in [0.25, 0.3) is 0 Å². The van der Waals surface area contributed by atoms with Gasteiger partial charge in [-0.1, -0.05) is 65.8 Å². The van der Waals surface area contributed by atoms with E-state index in [1.807, 2.05) is 48.5 Å². The molecule has 134 valence electrons. The Kier molecular flexibility index (Phi) is 5.99. The Hall–Kier alpha value is -3.86. The summed E-state index contributed by atoms with van der Waals surface area (Å²) in [5.41, 5.74) is 1.91. The van der Waals surface area contributed by atoms with Gasteiger partial charge in [0.15, 0.2) is 17.2 Å². The van der Waals surface area contributed by atoms with Gasteiger partial charge in [-0.2, -0.15) is 0 Å². The van der Waals surface area contributed by atoms with Crippen molar-refractivity contribution in [1.82, 2.24) is 0 Å². The average molecular weight is 359 g/mol. The normalized spacial score (nSPS) is 10.7. The Morgan fingerprint density at radius 3 is 1.67 bits per heavy atom. The highest BCUT2D eigenvalue weighted by molar-refractivity contribution is 6.10. The fraction of sp³-hybridized carbons (Fsp3) is 0. The van der Waals surface area contributed by atoms with E-state index in [-0.39, 0.29) is 5.78 Å². The van der Waals surface area contributed by atoms with E-state index < -0.39 is 0 Å². The van der Waals surface area contributed by atoms with Gasteiger partial charge in [0.2, 0.25) is 5.78 Å². The zero-order valence-electron chi connectivity index (χ0n) is 14.4. The molecule has 0 amide bonds. The van der Waals surface area contributed by atoms with E-state index in [0.29, 0.717) is 22.8 Å². The fourth-order valence-corrected chi connectivity index (χ4v) is 2.40. The quantitative estimate of drug-likeness (QED) is 0.240. The lowest BCUT2D eigenvalue weighted by atomic mass is 10.1. The van der Waals surface area contributed by atoms with Gasteiger partial charge in [-0.05, 0) is 24.3 Å². The van der Waals surface area contributed by atoms with Crippen LogP contribution in [-0.4, -0.2) is 16.7 Å². The first kappa shape index (κ1) is 17.9. The Morgan fingerprint density at radius 1 is 0.667 bits per heavy atom. The Bertz CT molecular complexity index is 974. The summed E-state index contributed by atoms with van der Waals surface area (Å²) in [7, 11) is 0. The standard InChI is InChI=1S/C11H9NO2.C11H8O2/c13-12-11(10-7-4-8-14-10)9-5-2-1-3-6-9;12-11(10-7-4-8-13-10)9-5-2-1-3-6-9/h1-8,13H;1-8H/b12-11+;. The maximum Gasteiger partial charge on any atom is 0.228 e. The zero-order chi connectivity index (χ0) is 18.9. The van der Waals surface area contributed by atoms with Crippen LogP contribution in [0.5, 0.6) is 0 Å². The van der Waals surface area contributed by atoms with Crippen molar-refractivity contribution in [2.75, 3.05) is 0 Å². The highest BCUT2D eigenvalue weighted by atomic mass is 16.4. The number of hydrogen-bond donors (Lipinski definition) is 1. The number of hydrogen-bond acceptors (Lipinski definition) is 5. The zero-order valence-corrected chi connectivity index (χ0v) is 14.4. The van der Waals surface area contributed by atoms with Crippen molar-refractivity contribution in [3.8, 4) is 0 Å². The number of carbonyl (C=O) groups is 1. The van der Waals surface area contributed by atoms with Crippen LogP contribution in [0.1, 0.15) is 27.4 Å². The number of furan rings is 2. The molecule has 0 aliphatic heterocycles. The van der Waals surface area contributed by atoms with Crippen molar-refractivity contribution in [3.63, 3.8) is 0 Å². The van der Waals surface area contributed by atoms with Crippen molar-refractivity contribution < 1.29 is 18.8 Å². The average Bonchev–Trinajstić information content (AvgIpc) is 3.45. The molecule has 0 aliphatic rings. The molecule has 5 nitrogen and oxygen atoms in total. The van der Waals surface area contributed by atoms with Crippen LogP contribution >= 0.6 is 0 Å². The van der Waals surface area contributed by atoms with Crippen LogP contribution in [0.2, 0.25) is 0 Å². The van der Waals surface area contributed by atoms with Gasteiger partial charge in [-0.15, -0.1) is 0 Å². The van der Waals surface area contributed by atoms with E-state index in [0.717, 1.165) is 5.56 Å². The van der Waals surface area contributed by atoms with Crippen molar-refractivity contribution in [1.29, 1.82) is 0 Å². The van der Waals surface area contributed by atoms with Crippen molar-refractivity contribution >= 4 is 11.5 Å². The topological polar surface area (TPSA) is 75.9 Å². The summed E-state index contributed by atoms with van der Waals surface area (Å²) in [6.07, 6.45) is 3.04. The van der Waals surface area contributed by atoms with Gasteiger partial charge in [-0.25, -0.2) is 0 Å². The molecular weight excluding hydrogens is 342 g/mol. The lowest BCUT2D eigenvalue weighted by molar-refractivity contribution is 0.101. The minimum Gasteiger partial charge on any atom is -0.463 e. The van der Waals surface area contributed by atoms with Crippen LogP contribution in [0.4, 0.5) is 0 Å². The van der Waals surface area contributed by atoms with Crippen LogP contribution < -0.4 is 0 Å². The molecular formula is C22H17NO4. The van der Waals surface area contributed by atoms with Crippen LogP contribution in [0.3, 0.4) is 0 Å². The summed E-state index contributed by atoms with van der Waals surface area (Å²) in [6.45, 7) is 0. The van der Waals surface area contributed by atoms with Crippen molar-refractivity contribution in [2.45, 2.75) is 0 Å². The second-order valence-corrected chi connectivity index (χ2v) is 5.46. The molecule has 4 aromatic rings. The second kappa shape index (κ2) is 9.01. The van der Waals surface area contributed by atoms with Gasteiger partial charge < -0.3 is 14.0 Å². The van der Waals surface area contributed by atoms with Gasteiger partial charge >= 0.3 is 0 Å². The third-order valence-electron chi connectivity index (χ3n) is 3.68. The molecule has 0 atom stereocenters. The van der Waals surface area contributed by atoms with Crippen molar-refractivity contribution in [2.24, 2.45) is 5.16 Å². The molecule has 0 saturated carbocycles. The molecule has 0 aliphatic carbocycles. The predicted octanol–water partition coefficient (Wildman–Crippen LogP) is 5.02. The monoisotopic (exact) mass is 359 g/mol. The van der Waals surface area contributed by atoms with E-state index in [1.165, 1.54) is 6.26 Å². The van der Waals surface area contributed by atoms with E-state index in [2.05, 4.69) is 5.16 Å². The molecule has 4 rings (SSSR count). The first-order chi connectivity index (χ1) is 13.3. The molecule has 0 saturated heterocycles. The van der Waals surface area contributed by atoms with E-state index in [4.69, 9.17) is 14.0 Å². The maximum atomic E-state index is 11.6. The Balaban J connectivity index is 0.000000156. The van der Waals surface area contributed by atoms with Crippen LogP contribution in [-0.2, 0) is 0 Å². The number of carbonyl (C=O) groups excluding carboxylic acids is 1. The van der Waals surface area contributed by atoms with Crippen LogP contribution in [0, 0.1) is 0 Å². The minimum absolute atomic E-state index is 0.0781. The second-order valence-electron chi connectivity index (χ2n) is 5.46. The molecule has 2 aromatic carbocycles. The molecule has 1 N–H and O–H groups in total. The summed E-state index contributed by atoms with van der Waals surface area (Å²) >= 11 is 0. The summed E-state index contributed by atoms with van der Waals surface area (Å²) in [4.78, 5) is 11.6. The number of benzene rings is 2. The highest BCUT2D eigenvalue weighted by Gasteiger charge is 2.10. The molecule has 0 fully saturated rings. The lowest BCUT2D eigenvalue weighted by Crippen LogP contribution is -2.00. The van der Waals surface area contributed by atoms with Gasteiger partial charge in [0.1, 0.15) is 0 Å². The summed E-state index contributed by atoms with van der Waals surface area (Å²) in [6, 6.07) is 25.3. The predicted molar refractivity (Wildman–Crippen MR) is 101 cm³/mol. The molecule has 5 heteroatoms. The Morgan fingerprint density at radius 2 is 1.19 bits per heavy atom. The number of ketones is 1. The highest BCUT2D eigenvalue weighted by Crippen LogP contribution is 2.11. The summed E-state index contributed by atoms with van der Waals surface area (Å²) in [5, 5.41) is 12.1. The SMILES string of the molecule is O/N=C(\c1ccccc1)c1ccco1.O=C(c1ccccc1)c1ccco1. The minimum atomic E-state index is -0.0781. The molecule has 0 bridgehead atoms. The summed E-state index contributed by atoms with van der Waals surface area (Å²) < 4.78 is 10.2. The number of nitrogens with zero attached hydrogens (tertiary/aromatic N) is 1. The molecule has 0 unspecified atom stereocenters. The van der Waals surface area contributed by atoms with Gasteiger partial charge in [-0.3, -0.25) is 4.79 Å². The largest absolute Gasteiger partial charge is 0.463 e. The molecule has 2 heterocycles. The first-order valence-corrected chi connectivity index (χ1v) is 8.24. The lowest BCUT2D eigenvalue weighted by Gasteiger charge is -1.99. The van der Waals surface area contributed by atoms with Gasteiger partial charge in [0, 0.05) is 11.1 Å². The van der Waals surface area contributed by atoms with E-state index in [1.54, 1.807) is 42.7 Å². The fourth-order valence-electron chi connectivity index (χ4n) is 2.40. The van der Waals surface area contributed by atoms with Crippen LogP contribution in [0.25, 0.3) is 0 Å². The van der Waals surface area contributed by atoms with Crippen molar-refractivity contribution in [3.05, 3.63) is 120 Å². The Labute approximate surface area is 156 Å². The molecule has 0 spiro atoms. The van der Waals surface area contributed by atoms with Crippen LogP contribution in [0.15, 0.2) is 111 Å². The summed E-state index contributed by atoms with van der Waals surface area (Å²) in [5.74, 6) is 0.857. The third-order valence-corrected chi connectivity index (χ3v) is 3.68. The number of rotatable bonds is 4. The maximum absolute atomic E-state index is 11.6. The number of oxime groups is 1. The molecule has 2 aromatic heterocycles. The molecule has 0 radical (unpaired) electrons. The van der Waals surface area contributed by atoms with Gasteiger partial charge in [0.05, 0.1) is 12.5 Å². The third kappa shape index (κ3) is 4.61. The van der Waals surface area contributed by atoms with E-state index >= 15 is 0 Å². The van der Waals surface area contributed by atoms with E-state index in [9.17, 15) is 4.79 Å². The smallest absolute Gasteiger partial charge is 0.228 e. The first-order valence-electron chi connectivity index (χ1n) is 8.24. The molecule has 27 heavy (non-hydrogen) atoms.